The van der Waals surface area contributed by atoms with Crippen LogP contribution in [0.15, 0.2) is 12.7 Å². The van der Waals surface area contributed by atoms with Crippen molar-refractivity contribution in [2.45, 2.75) is 77.2 Å². The van der Waals surface area contributed by atoms with E-state index in [-0.39, 0.29) is 0 Å². The highest BCUT2D eigenvalue weighted by Gasteiger charge is 2.30. The van der Waals surface area contributed by atoms with Gasteiger partial charge in [0.2, 0.25) is 0 Å². The predicted octanol–water partition coefficient (Wildman–Crippen LogP) is 5.35. The summed E-state index contributed by atoms with van der Waals surface area (Å²) in [5.41, 5.74) is 0. The first-order valence-corrected chi connectivity index (χ1v) is 8.56. The van der Waals surface area contributed by atoms with E-state index < -0.39 is 0 Å². The molecule has 0 bridgehead atoms. The number of allylic oxidation sites excluding steroid dienone is 1. The van der Waals surface area contributed by atoms with Gasteiger partial charge < -0.3 is 4.74 Å². The van der Waals surface area contributed by atoms with E-state index in [0.717, 1.165) is 24.4 Å². The summed E-state index contributed by atoms with van der Waals surface area (Å²) in [6, 6.07) is 0. The Morgan fingerprint density at radius 2 is 1.53 bits per heavy atom. The summed E-state index contributed by atoms with van der Waals surface area (Å²) in [4.78, 5) is 0. The Balaban J connectivity index is 1.66. The normalized spacial score (nSPS) is 36.1. The van der Waals surface area contributed by atoms with Gasteiger partial charge in [-0.3, -0.25) is 0 Å². The Morgan fingerprint density at radius 1 is 0.947 bits per heavy atom. The third kappa shape index (κ3) is 4.63. The molecule has 0 amide bonds. The lowest BCUT2D eigenvalue weighted by Crippen LogP contribution is -2.28. The van der Waals surface area contributed by atoms with Crippen molar-refractivity contribution in [1.29, 1.82) is 0 Å². The number of ether oxygens (including phenoxy) is 1. The minimum absolute atomic E-state index is 0.574. The molecule has 0 spiro atoms. The third-order valence-corrected chi connectivity index (χ3v) is 5.46. The summed E-state index contributed by atoms with van der Waals surface area (Å²) in [6.07, 6.45) is 16.7. The van der Waals surface area contributed by atoms with Crippen molar-refractivity contribution in [3.63, 3.8) is 0 Å². The first kappa shape index (κ1) is 15.1. The average Bonchev–Trinajstić information content (AvgIpc) is 2.47. The van der Waals surface area contributed by atoms with Crippen LogP contribution in [0.3, 0.4) is 0 Å². The SMILES string of the molecule is C=CCC[C@H]1CC[C@H]([C@H]2CC[C@H](OCC)CC2)CC1. The van der Waals surface area contributed by atoms with Crippen LogP contribution in [0.5, 0.6) is 0 Å². The molecule has 2 rings (SSSR count). The third-order valence-electron chi connectivity index (χ3n) is 5.46. The summed E-state index contributed by atoms with van der Waals surface area (Å²) in [5.74, 6) is 3.04. The molecular formula is C18H32O. The number of hydrogen-bond acceptors (Lipinski definition) is 1. The van der Waals surface area contributed by atoms with E-state index in [1.807, 2.05) is 0 Å². The summed E-state index contributed by atoms with van der Waals surface area (Å²) in [6.45, 7) is 6.86. The van der Waals surface area contributed by atoms with Gasteiger partial charge in [-0.05, 0) is 76.0 Å². The summed E-state index contributed by atoms with van der Waals surface area (Å²) >= 11 is 0. The Bertz CT molecular complexity index is 244. The van der Waals surface area contributed by atoms with Gasteiger partial charge in [0.25, 0.3) is 0 Å². The Morgan fingerprint density at radius 3 is 2.05 bits per heavy atom. The maximum absolute atomic E-state index is 5.77. The molecule has 0 aliphatic heterocycles. The zero-order valence-electron chi connectivity index (χ0n) is 12.8. The van der Waals surface area contributed by atoms with Gasteiger partial charge in [0.15, 0.2) is 0 Å². The molecule has 0 atom stereocenters. The second-order valence-electron chi connectivity index (χ2n) is 6.64. The van der Waals surface area contributed by atoms with Crippen LogP contribution < -0.4 is 0 Å². The molecule has 2 fully saturated rings. The lowest BCUT2D eigenvalue weighted by molar-refractivity contribution is 0.0135. The molecule has 0 heterocycles. The summed E-state index contributed by atoms with van der Waals surface area (Å²) in [5, 5.41) is 0. The van der Waals surface area contributed by atoms with Crippen molar-refractivity contribution in [2.75, 3.05) is 6.61 Å². The second kappa shape index (κ2) is 8.09. The van der Waals surface area contributed by atoms with Crippen LogP contribution in [0.25, 0.3) is 0 Å². The fourth-order valence-electron chi connectivity index (χ4n) is 4.26. The number of hydrogen-bond donors (Lipinski definition) is 0. The Kier molecular flexibility index (Phi) is 6.43. The molecule has 2 aliphatic carbocycles. The molecule has 0 N–H and O–H groups in total. The van der Waals surface area contributed by atoms with Crippen LogP contribution in [0.2, 0.25) is 0 Å². The Hall–Kier alpha value is -0.300. The number of rotatable bonds is 6. The fourth-order valence-corrected chi connectivity index (χ4v) is 4.26. The van der Waals surface area contributed by atoms with Crippen molar-refractivity contribution < 1.29 is 4.74 Å². The molecule has 0 aromatic rings. The highest BCUT2D eigenvalue weighted by molar-refractivity contribution is 4.83. The van der Waals surface area contributed by atoms with Crippen molar-refractivity contribution in [1.82, 2.24) is 0 Å². The predicted molar refractivity (Wildman–Crippen MR) is 82.3 cm³/mol. The van der Waals surface area contributed by atoms with E-state index in [1.54, 1.807) is 0 Å². The molecule has 19 heavy (non-hydrogen) atoms. The highest BCUT2D eigenvalue weighted by atomic mass is 16.5. The minimum Gasteiger partial charge on any atom is -0.379 e. The second-order valence-corrected chi connectivity index (χ2v) is 6.64. The standard InChI is InChI=1S/C18H32O/c1-3-5-6-15-7-9-16(10-8-15)17-11-13-18(14-12-17)19-4-2/h3,15-18H,1,4-14H2,2H3/t15-,16-,17-,18-. The van der Waals surface area contributed by atoms with Crippen molar-refractivity contribution in [2.24, 2.45) is 17.8 Å². The monoisotopic (exact) mass is 264 g/mol. The van der Waals surface area contributed by atoms with Crippen LogP contribution in [0.1, 0.15) is 71.1 Å². The largest absolute Gasteiger partial charge is 0.379 e. The molecule has 2 aliphatic rings. The summed E-state index contributed by atoms with van der Waals surface area (Å²) in [7, 11) is 0. The molecule has 0 unspecified atom stereocenters. The Labute approximate surface area is 119 Å². The average molecular weight is 264 g/mol. The lowest BCUT2D eigenvalue weighted by atomic mass is 9.70. The highest BCUT2D eigenvalue weighted by Crippen LogP contribution is 2.41. The fraction of sp³-hybridized carbons (Fsp3) is 0.889. The van der Waals surface area contributed by atoms with Gasteiger partial charge in [0, 0.05) is 6.61 Å². The first-order chi connectivity index (χ1) is 9.33. The van der Waals surface area contributed by atoms with E-state index in [9.17, 15) is 0 Å². The van der Waals surface area contributed by atoms with Gasteiger partial charge >= 0.3 is 0 Å². The van der Waals surface area contributed by atoms with Crippen molar-refractivity contribution in [3.05, 3.63) is 12.7 Å². The summed E-state index contributed by atoms with van der Waals surface area (Å²) < 4.78 is 5.77. The van der Waals surface area contributed by atoms with Crippen LogP contribution in [0.4, 0.5) is 0 Å². The van der Waals surface area contributed by atoms with Gasteiger partial charge in [-0.2, -0.15) is 0 Å². The molecule has 0 saturated heterocycles. The lowest BCUT2D eigenvalue weighted by Gasteiger charge is -2.37. The van der Waals surface area contributed by atoms with E-state index >= 15 is 0 Å². The van der Waals surface area contributed by atoms with Gasteiger partial charge in [-0.25, -0.2) is 0 Å². The molecule has 110 valence electrons. The maximum Gasteiger partial charge on any atom is 0.0575 e. The molecule has 1 heteroatoms. The van der Waals surface area contributed by atoms with Gasteiger partial charge in [-0.1, -0.05) is 18.9 Å². The molecule has 2 saturated carbocycles. The van der Waals surface area contributed by atoms with Crippen molar-refractivity contribution in [3.8, 4) is 0 Å². The quantitative estimate of drug-likeness (QED) is 0.587. The molecule has 0 aromatic carbocycles. The van der Waals surface area contributed by atoms with Gasteiger partial charge in [0.05, 0.1) is 6.10 Å². The first-order valence-electron chi connectivity index (χ1n) is 8.56. The molecule has 1 nitrogen and oxygen atoms in total. The van der Waals surface area contributed by atoms with Crippen LogP contribution in [0, 0.1) is 17.8 Å². The maximum atomic E-state index is 5.77. The zero-order chi connectivity index (χ0) is 13.5. The topological polar surface area (TPSA) is 9.23 Å². The van der Waals surface area contributed by atoms with Crippen LogP contribution in [-0.2, 0) is 4.74 Å². The minimum atomic E-state index is 0.574. The van der Waals surface area contributed by atoms with E-state index in [1.165, 1.54) is 64.2 Å². The molecule has 0 aromatic heterocycles. The molecule has 0 radical (unpaired) electrons. The smallest absolute Gasteiger partial charge is 0.0575 e. The van der Waals surface area contributed by atoms with Crippen LogP contribution >= 0.6 is 0 Å². The van der Waals surface area contributed by atoms with E-state index in [4.69, 9.17) is 4.74 Å². The van der Waals surface area contributed by atoms with E-state index in [0.29, 0.717) is 6.10 Å². The van der Waals surface area contributed by atoms with Crippen LogP contribution in [-0.4, -0.2) is 12.7 Å². The zero-order valence-corrected chi connectivity index (χ0v) is 12.8. The van der Waals surface area contributed by atoms with Gasteiger partial charge in [-0.15, -0.1) is 6.58 Å². The van der Waals surface area contributed by atoms with E-state index in [2.05, 4.69) is 19.6 Å². The molecular weight excluding hydrogens is 232 g/mol. The van der Waals surface area contributed by atoms with Gasteiger partial charge in [0.1, 0.15) is 0 Å². The van der Waals surface area contributed by atoms with Crippen molar-refractivity contribution >= 4 is 0 Å².